The van der Waals surface area contributed by atoms with Gasteiger partial charge in [-0.2, -0.15) is 0 Å². The molecule has 0 saturated carbocycles. The van der Waals surface area contributed by atoms with Crippen LogP contribution in [0, 0.1) is 17.3 Å². The Balaban J connectivity index is 1.73. The minimum atomic E-state index is -0.398. The molecule has 0 aliphatic carbocycles. The van der Waals surface area contributed by atoms with Crippen LogP contribution in [0.3, 0.4) is 0 Å². The molecule has 0 saturated heterocycles. The van der Waals surface area contributed by atoms with Crippen molar-refractivity contribution < 1.29 is 19.0 Å². The van der Waals surface area contributed by atoms with Crippen LogP contribution in [0.4, 0.5) is 0 Å². The molecule has 1 aromatic rings. The third kappa shape index (κ3) is 4.32. The zero-order chi connectivity index (χ0) is 15.3. The summed E-state index contributed by atoms with van der Waals surface area (Å²) in [6, 6.07) is 5.37. The van der Waals surface area contributed by atoms with E-state index in [1.54, 1.807) is 18.2 Å². The highest BCUT2D eigenvalue weighted by atomic mass is 16.7. The molecule has 1 aliphatic heterocycles. The first kappa shape index (κ1) is 15.0. The molecule has 2 rings (SSSR count). The van der Waals surface area contributed by atoms with E-state index in [0.29, 0.717) is 18.0 Å². The van der Waals surface area contributed by atoms with Crippen molar-refractivity contribution in [3.05, 3.63) is 18.2 Å². The Bertz CT molecular complexity index is 578. The first-order valence-corrected chi connectivity index (χ1v) is 6.73. The molecule has 21 heavy (non-hydrogen) atoms. The topological polar surface area (TPSA) is 56.8 Å². The number of amides is 1. The molecule has 5 nitrogen and oxygen atoms in total. The van der Waals surface area contributed by atoms with Gasteiger partial charge in [0.25, 0.3) is 0 Å². The van der Waals surface area contributed by atoms with Gasteiger partial charge in [0.1, 0.15) is 12.4 Å². The van der Waals surface area contributed by atoms with Crippen LogP contribution in [0.25, 0.3) is 0 Å². The molecular weight excluding hydrogens is 270 g/mol. The molecule has 1 heterocycles. The number of carbonyl (C=O) groups is 1. The Morgan fingerprint density at radius 3 is 2.81 bits per heavy atom. The maximum absolute atomic E-state index is 11.6. The summed E-state index contributed by atoms with van der Waals surface area (Å²) in [7, 11) is 0. The number of hydrogen-bond acceptors (Lipinski definition) is 4. The highest BCUT2D eigenvalue weighted by molar-refractivity contribution is 5.81. The van der Waals surface area contributed by atoms with Gasteiger partial charge in [0.05, 0.1) is 6.54 Å². The standard InChI is InChI=1S/C16H19NO4/c1-16(2,3)15(18)17-8-4-5-9-19-12-6-7-13-14(10-12)21-11-20-13/h6-7,10H,8-9,11H2,1-3H3,(H,17,18). The Labute approximate surface area is 124 Å². The highest BCUT2D eigenvalue weighted by Gasteiger charge is 2.19. The number of benzene rings is 1. The van der Waals surface area contributed by atoms with Crippen molar-refractivity contribution in [1.82, 2.24) is 5.32 Å². The summed E-state index contributed by atoms with van der Waals surface area (Å²) in [5.74, 6) is 7.75. The van der Waals surface area contributed by atoms with Gasteiger partial charge in [0.15, 0.2) is 11.5 Å². The van der Waals surface area contributed by atoms with E-state index in [0.717, 1.165) is 5.75 Å². The van der Waals surface area contributed by atoms with E-state index in [9.17, 15) is 4.79 Å². The zero-order valence-electron chi connectivity index (χ0n) is 12.5. The first-order valence-electron chi connectivity index (χ1n) is 6.73. The molecule has 112 valence electrons. The average molecular weight is 289 g/mol. The molecule has 0 aromatic heterocycles. The minimum absolute atomic E-state index is 0.0199. The molecule has 1 aromatic carbocycles. The quantitative estimate of drug-likeness (QED) is 0.864. The van der Waals surface area contributed by atoms with Gasteiger partial charge in [0, 0.05) is 11.5 Å². The predicted molar refractivity (Wildman–Crippen MR) is 78.3 cm³/mol. The van der Waals surface area contributed by atoms with Crippen molar-refractivity contribution >= 4 is 5.91 Å². The Morgan fingerprint density at radius 1 is 1.29 bits per heavy atom. The SMILES string of the molecule is CC(C)(C)C(=O)NCC#CCOc1ccc2c(c1)OCO2. The van der Waals surface area contributed by atoms with E-state index >= 15 is 0 Å². The second-order valence-corrected chi connectivity index (χ2v) is 5.59. The van der Waals surface area contributed by atoms with Crippen LogP contribution < -0.4 is 19.5 Å². The van der Waals surface area contributed by atoms with Crippen LogP contribution in [0.5, 0.6) is 17.2 Å². The summed E-state index contributed by atoms with van der Waals surface area (Å²) < 4.78 is 16.0. The maximum atomic E-state index is 11.6. The maximum Gasteiger partial charge on any atom is 0.231 e. The predicted octanol–water partition coefficient (Wildman–Crippen LogP) is 1.96. The fraction of sp³-hybridized carbons (Fsp3) is 0.438. The van der Waals surface area contributed by atoms with E-state index in [4.69, 9.17) is 14.2 Å². The third-order valence-corrected chi connectivity index (χ3v) is 2.80. The monoisotopic (exact) mass is 289 g/mol. The summed E-state index contributed by atoms with van der Waals surface area (Å²) >= 11 is 0. The van der Waals surface area contributed by atoms with Gasteiger partial charge in [-0.25, -0.2) is 0 Å². The fourth-order valence-corrected chi connectivity index (χ4v) is 1.59. The van der Waals surface area contributed by atoms with Crippen LogP contribution in [-0.2, 0) is 4.79 Å². The van der Waals surface area contributed by atoms with E-state index in [2.05, 4.69) is 17.2 Å². The molecule has 0 unspecified atom stereocenters. The second-order valence-electron chi connectivity index (χ2n) is 5.59. The highest BCUT2D eigenvalue weighted by Crippen LogP contribution is 2.34. The summed E-state index contributed by atoms with van der Waals surface area (Å²) in [4.78, 5) is 11.6. The van der Waals surface area contributed by atoms with Crippen molar-refractivity contribution in [3.8, 4) is 29.1 Å². The molecule has 5 heteroatoms. The van der Waals surface area contributed by atoms with Crippen molar-refractivity contribution in [2.24, 2.45) is 5.41 Å². The van der Waals surface area contributed by atoms with E-state index < -0.39 is 5.41 Å². The third-order valence-electron chi connectivity index (χ3n) is 2.80. The lowest BCUT2D eigenvalue weighted by molar-refractivity contribution is -0.128. The fourth-order valence-electron chi connectivity index (χ4n) is 1.59. The largest absolute Gasteiger partial charge is 0.481 e. The summed E-state index contributed by atoms with van der Waals surface area (Å²) in [6.07, 6.45) is 0. The van der Waals surface area contributed by atoms with Crippen LogP contribution in [0.1, 0.15) is 20.8 Å². The Kier molecular flexibility index (Phi) is 4.59. The number of carbonyl (C=O) groups excluding carboxylic acids is 1. The summed E-state index contributed by atoms with van der Waals surface area (Å²) in [5, 5.41) is 2.75. The molecule has 1 aliphatic rings. The molecule has 0 radical (unpaired) electrons. The normalized spacial score (nSPS) is 12.3. The molecule has 1 N–H and O–H groups in total. The molecule has 1 amide bonds. The number of hydrogen-bond donors (Lipinski definition) is 1. The van der Waals surface area contributed by atoms with Crippen LogP contribution in [0.2, 0.25) is 0 Å². The van der Waals surface area contributed by atoms with Crippen molar-refractivity contribution in [2.75, 3.05) is 19.9 Å². The minimum Gasteiger partial charge on any atom is -0.481 e. The summed E-state index contributed by atoms with van der Waals surface area (Å²) in [5.41, 5.74) is -0.398. The van der Waals surface area contributed by atoms with Crippen LogP contribution in [-0.4, -0.2) is 25.9 Å². The van der Waals surface area contributed by atoms with E-state index in [1.165, 1.54) is 0 Å². The number of fused-ring (bicyclic) bond motifs is 1. The van der Waals surface area contributed by atoms with Gasteiger partial charge in [-0.1, -0.05) is 32.6 Å². The summed E-state index contributed by atoms with van der Waals surface area (Å²) in [6.45, 7) is 6.40. The lowest BCUT2D eigenvalue weighted by atomic mass is 9.96. The van der Waals surface area contributed by atoms with Crippen LogP contribution >= 0.6 is 0 Å². The average Bonchev–Trinajstić information content (AvgIpc) is 2.88. The van der Waals surface area contributed by atoms with Gasteiger partial charge in [-0.05, 0) is 12.1 Å². The number of ether oxygens (including phenoxy) is 3. The number of nitrogens with one attached hydrogen (secondary N) is 1. The lowest BCUT2D eigenvalue weighted by Crippen LogP contribution is -2.34. The lowest BCUT2D eigenvalue weighted by Gasteiger charge is -2.15. The molecule has 0 bridgehead atoms. The smallest absolute Gasteiger partial charge is 0.231 e. The molecule has 0 spiro atoms. The second kappa shape index (κ2) is 6.40. The molecule has 0 atom stereocenters. The molecule has 0 fully saturated rings. The van der Waals surface area contributed by atoms with Crippen molar-refractivity contribution in [2.45, 2.75) is 20.8 Å². The van der Waals surface area contributed by atoms with Gasteiger partial charge in [-0.3, -0.25) is 4.79 Å². The van der Waals surface area contributed by atoms with Gasteiger partial charge in [0.2, 0.25) is 12.7 Å². The van der Waals surface area contributed by atoms with Gasteiger partial charge >= 0.3 is 0 Å². The van der Waals surface area contributed by atoms with Gasteiger partial charge in [-0.15, -0.1) is 0 Å². The van der Waals surface area contributed by atoms with E-state index in [1.807, 2.05) is 20.8 Å². The van der Waals surface area contributed by atoms with Gasteiger partial charge < -0.3 is 19.5 Å². The van der Waals surface area contributed by atoms with E-state index in [-0.39, 0.29) is 19.3 Å². The van der Waals surface area contributed by atoms with Crippen molar-refractivity contribution in [3.63, 3.8) is 0 Å². The van der Waals surface area contributed by atoms with Crippen molar-refractivity contribution in [1.29, 1.82) is 0 Å². The molecular formula is C16H19NO4. The Morgan fingerprint density at radius 2 is 2.05 bits per heavy atom. The number of rotatable bonds is 3. The Hall–Kier alpha value is -2.35. The van der Waals surface area contributed by atoms with Crippen LogP contribution in [0.15, 0.2) is 18.2 Å². The first-order chi connectivity index (χ1) is 9.97. The zero-order valence-corrected chi connectivity index (χ0v) is 12.5.